The SMILES string of the molecule is C[C@@H]1[C@H](C)CCC[C@H]1NC(=O)c1ccc2c(c1)N(Cc1ccc(F)cc1)C(=O)/C(=C/c1ccccc1)S2. The lowest BCUT2D eigenvalue weighted by Gasteiger charge is -2.35. The van der Waals surface area contributed by atoms with Gasteiger partial charge >= 0.3 is 0 Å². The number of anilines is 1. The first-order chi connectivity index (χ1) is 17.9. The Morgan fingerprint density at radius 2 is 1.81 bits per heavy atom. The first-order valence-electron chi connectivity index (χ1n) is 12.8. The third-order valence-corrected chi connectivity index (χ3v) is 8.64. The second-order valence-corrected chi connectivity index (χ2v) is 11.2. The third kappa shape index (κ3) is 5.64. The van der Waals surface area contributed by atoms with E-state index in [-0.39, 0.29) is 30.2 Å². The summed E-state index contributed by atoms with van der Waals surface area (Å²) in [6, 6.07) is 21.6. The number of hydrogen-bond donors (Lipinski definition) is 1. The summed E-state index contributed by atoms with van der Waals surface area (Å²) in [5, 5.41) is 3.24. The molecule has 1 aliphatic carbocycles. The number of carbonyl (C=O) groups excluding carboxylic acids is 2. The maximum atomic E-state index is 13.7. The van der Waals surface area contributed by atoms with Crippen molar-refractivity contribution in [3.63, 3.8) is 0 Å². The first-order valence-corrected chi connectivity index (χ1v) is 13.7. The zero-order valence-electron chi connectivity index (χ0n) is 21.1. The monoisotopic (exact) mass is 514 g/mol. The summed E-state index contributed by atoms with van der Waals surface area (Å²) in [5.74, 6) is 0.432. The maximum absolute atomic E-state index is 13.7. The van der Waals surface area contributed by atoms with Crippen molar-refractivity contribution >= 4 is 35.3 Å². The van der Waals surface area contributed by atoms with Gasteiger partial charge < -0.3 is 10.2 Å². The molecule has 2 amide bonds. The number of nitrogens with one attached hydrogen (secondary N) is 1. The number of halogens is 1. The Morgan fingerprint density at radius 3 is 2.57 bits per heavy atom. The number of carbonyl (C=O) groups is 2. The third-order valence-electron chi connectivity index (χ3n) is 7.56. The molecule has 1 N–H and O–H groups in total. The van der Waals surface area contributed by atoms with Gasteiger partial charge in [0.05, 0.1) is 17.1 Å². The topological polar surface area (TPSA) is 49.4 Å². The highest BCUT2D eigenvalue weighted by molar-refractivity contribution is 8.04. The molecule has 0 spiro atoms. The Hall–Kier alpha value is -3.38. The van der Waals surface area contributed by atoms with Crippen molar-refractivity contribution in [2.24, 2.45) is 11.8 Å². The van der Waals surface area contributed by atoms with Gasteiger partial charge in [0.15, 0.2) is 0 Å². The summed E-state index contributed by atoms with van der Waals surface area (Å²) < 4.78 is 13.5. The number of hydrogen-bond acceptors (Lipinski definition) is 3. The van der Waals surface area contributed by atoms with E-state index in [1.54, 1.807) is 17.0 Å². The molecule has 0 bridgehead atoms. The fourth-order valence-corrected chi connectivity index (χ4v) is 6.16. The molecule has 3 aromatic rings. The fraction of sp³-hybridized carbons (Fsp3) is 0.290. The predicted octanol–water partition coefficient (Wildman–Crippen LogP) is 7.06. The number of nitrogens with zero attached hydrogens (tertiary/aromatic N) is 1. The Kier molecular flexibility index (Phi) is 7.47. The van der Waals surface area contributed by atoms with E-state index < -0.39 is 0 Å². The van der Waals surface area contributed by atoms with Crippen molar-refractivity contribution in [3.05, 3.63) is 100 Å². The predicted molar refractivity (Wildman–Crippen MR) is 148 cm³/mol. The van der Waals surface area contributed by atoms with Gasteiger partial charge in [0.2, 0.25) is 0 Å². The van der Waals surface area contributed by atoms with Crippen molar-refractivity contribution in [2.45, 2.75) is 50.6 Å². The summed E-state index contributed by atoms with van der Waals surface area (Å²) in [4.78, 5) is 30.2. The van der Waals surface area contributed by atoms with Crippen molar-refractivity contribution in [1.29, 1.82) is 0 Å². The van der Waals surface area contributed by atoms with Gasteiger partial charge in [0, 0.05) is 16.5 Å². The number of benzene rings is 3. The molecule has 4 nitrogen and oxygen atoms in total. The van der Waals surface area contributed by atoms with Gasteiger partial charge in [0.25, 0.3) is 11.8 Å². The maximum Gasteiger partial charge on any atom is 0.265 e. The second-order valence-electron chi connectivity index (χ2n) is 10.1. The Labute approximate surface area is 222 Å². The van der Waals surface area contributed by atoms with Crippen LogP contribution in [0.15, 0.2) is 82.6 Å². The molecule has 1 aliphatic heterocycles. The number of thioether (sulfide) groups is 1. The normalized spacial score (nSPS) is 22.6. The van der Waals surface area contributed by atoms with Gasteiger partial charge in [-0.15, -0.1) is 0 Å². The van der Waals surface area contributed by atoms with Crippen molar-refractivity contribution in [2.75, 3.05) is 4.90 Å². The standard InChI is InChI=1S/C31H31FN2O2S/c1-20-7-6-10-26(21(20)2)33-30(35)24-13-16-28-27(18-24)34(19-23-11-14-25(32)15-12-23)31(36)29(37-28)17-22-8-4-3-5-9-22/h3-5,8-9,11-18,20-21,26H,6-7,10,19H2,1-2H3,(H,33,35)/b29-17-/t20-,21-,26-/m1/s1. The Morgan fingerprint density at radius 1 is 1.05 bits per heavy atom. The molecular weight excluding hydrogens is 483 g/mol. The zero-order chi connectivity index (χ0) is 25.9. The molecule has 5 rings (SSSR count). The molecule has 3 atom stereocenters. The van der Waals surface area contributed by atoms with Crippen molar-refractivity contribution in [3.8, 4) is 0 Å². The van der Waals surface area contributed by atoms with Gasteiger partial charge in [-0.2, -0.15) is 0 Å². The van der Waals surface area contributed by atoms with Crippen LogP contribution in [0.4, 0.5) is 10.1 Å². The van der Waals surface area contributed by atoms with Crippen molar-refractivity contribution < 1.29 is 14.0 Å². The summed E-state index contributed by atoms with van der Waals surface area (Å²) in [6.45, 7) is 4.74. The lowest BCUT2D eigenvalue weighted by Crippen LogP contribution is -2.43. The van der Waals surface area contributed by atoms with E-state index in [4.69, 9.17) is 0 Å². The largest absolute Gasteiger partial charge is 0.349 e. The van der Waals surface area contributed by atoms with Crippen LogP contribution in [0, 0.1) is 17.7 Å². The van der Waals surface area contributed by atoms with Crippen LogP contribution in [0.2, 0.25) is 0 Å². The molecule has 3 aromatic carbocycles. The quantitative estimate of drug-likeness (QED) is 0.371. The molecule has 6 heteroatoms. The van der Waals surface area contributed by atoms with Crippen LogP contribution in [-0.2, 0) is 11.3 Å². The summed E-state index contributed by atoms with van der Waals surface area (Å²) >= 11 is 1.41. The second kappa shape index (κ2) is 10.9. The lowest BCUT2D eigenvalue weighted by molar-refractivity contribution is -0.114. The van der Waals surface area contributed by atoms with Crippen LogP contribution in [0.5, 0.6) is 0 Å². The van der Waals surface area contributed by atoms with Crippen LogP contribution in [-0.4, -0.2) is 17.9 Å². The lowest BCUT2D eigenvalue weighted by atomic mass is 9.78. The number of amides is 2. The zero-order valence-corrected chi connectivity index (χ0v) is 21.9. The smallest absolute Gasteiger partial charge is 0.265 e. The average molecular weight is 515 g/mol. The molecule has 2 aliphatic rings. The van der Waals surface area contributed by atoms with E-state index in [1.807, 2.05) is 54.6 Å². The van der Waals surface area contributed by atoms with E-state index in [2.05, 4.69) is 19.2 Å². The highest BCUT2D eigenvalue weighted by atomic mass is 32.2. The van der Waals surface area contributed by atoms with E-state index >= 15 is 0 Å². The number of fused-ring (bicyclic) bond motifs is 1. The summed E-state index contributed by atoms with van der Waals surface area (Å²) in [7, 11) is 0. The molecule has 1 saturated carbocycles. The highest BCUT2D eigenvalue weighted by Crippen LogP contribution is 2.43. The van der Waals surface area contributed by atoms with Crippen LogP contribution in [0.1, 0.15) is 54.6 Å². The van der Waals surface area contributed by atoms with Crippen LogP contribution in [0.3, 0.4) is 0 Å². The molecule has 190 valence electrons. The fourth-order valence-electron chi connectivity index (χ4n) is 5.12. The minimum Gasteiger partial charge on any atom is -0.349 e. The summed E-state index contributed by atoms with van der Waals surface area (Å²) in [5.41, 5.74) is 2.99. The molecule has 0 saturated heterocycles. The number of rotatable bonds is 5. The van der Waals surface area contributed by atoms with Crippen molar-refractivity contribution in [1.82, 2.24) is 5.32 Å². The average Bonchev–Trinajstić information content (AvgIpc) is 2.90. The van der Waals surface area contributed by atoms with Gasteiger partial charge in [-0.05, 0) is 65.8 Å². The van der Waals surface area contributed by atoms with E-state index in [1.165, 1.54) is 30.3 Å². The van der Waals surface area contributed by atoms with Gasteiger partial charge in [0.1, 0.15) is 5.82 Å². The Bertz CT molecular complexity index is 1320. The van der Waals surface area contributed by atoms with E-state index in [9.17, 15) is 14.0 Å². The van der Waals surface area contributed by atoms with Gasteiger partial charge in [-0.3, -0.25) is 9.59 Å². The van der Waals surface area contributed by atoms with Crippen LogP contribution < -0.4 is 10.2 Å². The first kappa shape index (κ1) is 25.3. The molecule has 0 unspecified atom stereocenters. The van der Waals surface area contributed by atoms with E-state index in [0.29, 0.717) is 28.0 Å². The highest BCUT2D eigenvalue weighted by Gasteiger charge is 2.32. The van der Waals surface area contributed by atoms with Gasteiger partial charge in [-0.25, -0.2) is 4.39 Å². The molecule has 0 aromatic heterocycles. The summed E-state index contributed by atoms with van der Waals surface area (Å²) in [6.07, 6.45) is 5.19. The van der Waals surface area contributed by atoms with Crippen LogP contribution >= 0.6 is 11.8 Å². The van der Waals surface area contributed by atoms with E-state index in [0.717, 1.165) is 28.9 Å². The molecule has 37 heavy (non-hydrogen) atoms. The molecule has 1 heterocycles. The Balaban J connectivity index is 1.47. The molecule has 0 radical (unpaired) electrons. The minimum atomic E-state index is -0.320. The van der Waals surface area contributed by atoms with Gasteiger partial charge in [-0.1, -0.05) is 80.9 Å². The molecule has 1 fully saturated rings. The van der Waals surface area contributed by atoms with Crippen LogP contribution in [0.25, 0.3) is 6.08 Å². The molecular formula is C31H31FN2O2S. The minimum absolute atomic E-state index is 0.112.